The molecule has 1 aromatic carbocycles. The zero-order chi connectivity index (χ0) is 14.0. The van der Waals surface area contributed by atoms with E-state index in [1.165, 1.54) is 4.90 Å². The van der Waals surface area contributed by atoms with Crippen molar-refractivity contribution in [1.82, 2.24) is 4.98 Å². The SMILES string of the molecule is CCC(C#N)C(=O)N(C)c1ccc2oc(C)nc2c1. The number of aryl methyl sites for hydroxylation is 1. The lowest BCUT2D eigenvalue weighted by molar-refractivity contribution is -0.120. The molecule has 1 atom stereocenters. The Labute approximate surface area is 111 Å². The van der Waals surface area contributed by atoms with E-state index in [0.29, 0.717) is 29.1 Å². The average molecular weight is 257 g/mol. The van der Waals surface area contributed by atoms with Gasteiger partial charge in [0.25, 0.3) is 0 Å². The highest BCUT2D eigenvalue weighted by atomic mass is 16.3. The van der Waals surface area contributed by atoms with Crippen LogP contribution in [0.15, 0.2) is 22.6 Å². The zero-order valence-electron chi connectivity index (χ0n) is 11.2. The third kappa shape index (κ3) is 2.43. The van der Waals surface area contributed by atoms with Gasteiger partial charge in [-0.05, 0) is 24.6 Å². The minimum absolute atomic E-state index is 0.204. The number of benzene rings is 1. The van der Waals surface area contributed by atoms with Crippen LogP contribution in [0.25, 0.3) is 11.1 Å². The predicted molar refractivity (Wildman–Crippen MR) is 71.6 cm³/mol. The van der Waals surface area contributed by atoms with E-state index in [-0.39, 0.29) is 5.91 Å². The van der Waals surface area contributed by atoms with Crippen molar-refractivity contribution in [2.24, 2.45) is 5.92 Å². The Morgan fingerprint density at radius 3 is 2.95 bits per heavy atom. The fourth-order valence-corrected chi connectivity index (χ4v) is 1.92. The topological polar surface area (TPSA) is 70.1 Å². The predicted octanol–water partition coefficient (Wildman–Crippen LogP) is 2.65. The van der Waals surface area contributed by atoms with Gasteiger partial charge in [-0.25, -0.2) is 4.98 Å². The fourth-order valence-electron chi connectivity index (χ4n) is 1.92. The van der Waals surface area contributed by atoms with E-state index in [9.17, 15) is 4.79 Å². The molecular formula is C14H15N3O2. The minimum atomic E-state index is -0.611. The standard InChI is InChI=1S/C14H15N3O2/c1-4-10(8-15)14(18)17(3)11-5-6-13-12(7-11)16-9(2)19-13/h5-7,10H,4H2,1-3H3. The molecule has 0 saturated carbocycles. The largest absolute Gasteiger partial charge is 0.441 e. The second kappa shape index (κ2) is 5.11. The number of oxazole rings is 1. The van der Waals surface area contributed by atoms with Gasteiger partial charge in [-0.15, -0.1) is 0 Å². The summed E-state index contributed by atoms with van der Waals surface area (Å²) in [6, 6.07) is 7.37. The van der Waals surface area contributed by atoms with Gasteiger partial charge in [-0.1, -0.05) is 6.92 Å². The summed E-state index contributed by atoms with van der Waals surface area (Å²) < 4.78 is 5.39. The zero-order valence-corrected chi connectivity index (χ0v) is 11.2. The molecule has 0 N–H and O–H groups in total. The highest BCUT2D eigenvalue weighted by Gasteiger charge is 2.21. The highest BCUT2D eigenvalue weighted by molar-refractivity contribution is 5.97. The molecule has 1 amide bonds. The Kier molecular flexibility index (Phi) is 3.52. The van der Waals surface area contributed by atoms with Crippen LogP contribution in [0.5, 0.6) is 0 Å². The first kappa shape index (κ1) is 13.1. The molecule has 2 rings (SSSR count). The molecule has 98 valence electrons. The molecule has 0 saturated heterocycles. The van der Waals surface area contributed by atoms with Gasteiger partial charge in [0, 0.05) is 19.7 Å². The first-order valence-corrected chi connectivity index (χ1v) is 6.11. The summed E-state index contributed by atoms with van der Waals surface area (Å²) in [4.78, 5) is 17.8. The Hall–Kier alpha value is -2.35. The van der Waals surface area contributed by atoms with Crippen LogP contribution in [-0.2, 0) is 4.79 Å². The molecule has 0 aliphatic rings. The Morgan fingerprint density at radius 2 is 2.32 bits per heavy atom. The lowest BCUT2D eigenvalue weighted by atomic mass is 10.1. The summed E-state index contributed by atoms with van der Waals surface area (Å²) in [6.45, 7) is 3.60. The number of amides is 1. The lowest BCUT2D eigenvalue weighted by Crippen LogP contribution is -2.31. The van der Waals surface area contributed by atoms with Crippen molar-refractivity contribution in [3.05, 3.63) is 24.1 Å². The molecule has 0 aliphatic heterocycles. The van der Waals surface area contributed by atoms with E-state index in [2.05, 4.69) is 4.98 Å². The summed E-state index contributed by atoms with van der Waals surface area (Å²) in [6.07, 6.45) is 0.505. The number of nitrogens with zero attached hydrogens (tertiary/aromatic N) is 3. The van der Waals surface area contributed by atoms with Crippen molar-refractivity contribution < 1.29 is 9.21 Å². The molecule has 1 unspecified atom stereocenters. The molecule has 19 heavy (non-hydrogen) atoms. The number of hydrogen-bond donors (Lipinski definition) is 0. The molecule has 0 aliphatic carbocycles. The third-order valence-corrected chi connectivity index (χ3v) is 3.06. The first-order valence-electron chi connectivity index (χ1n) is 6.11. The van der Waals surface area contributed by atoms with Crippen molar-refractivity contribution in [2.45, 2.75) is 20.3 Å². The molecule has 5 heteroatoms. The lowest BCUT2D eigenvalue weighted by Gasteiger charge is -2.19. The van der Waals surface area contributed by atoms with Gasteiger partial charge < -0.3 is 9.32 Å². The maximum absolute atomic E-state index is 12.1. The van der Waals surface area contributed by atoms with E-state index in [1.807, 2.05) is 13.0 Å². The summed E-state index contributed by atoms with van der Waals surface area (Å²) in [5.41, 5.74) is 2.11. The number of anilines is 1. The van der Waals surface area contributed by atoms with Gasteiger partial charge in [0.05, 0.1) is 6.07 Å². The highest BCUT2D eigenvalue weighted by Crippen LogP contribution is 2.23. The number of rotatable bonds is 3. The summed E-state index contributed by atoms with van der Waals surface area (Å²) in [5, 5.41) is 8.94. The second-order valence-electron chi connectivity index (χ2n) is 4.37. The van der Waals surface area contributed by atoms with Gasteiger partial charge in [0.1, 0.15) is 11.4 Å². The third-order valence-electron chi connectivity index (χ3n) is 3.06. The first-order chi connectivity index (χ1) is 9.06. The van der Waals surface area contributed by atoms with Gasteiger partial charge in [0.2, 0.25) is 5.91 Å². The van der Waals surface area contributed by atoms with Gasteiger partial charge in [-0.3, -0.25) is 4.79 Å². The number of aromatic nitrogens is 1. The number of nitriles is 1. The average Bonchev–Trinajstić information content (AvgIpc) is 2.78. The Balaban J connectivity index is 2.33. The van der Waals surface area contributed by atoms with Gasteiger partial charge >= 0.3 is 0 Å². The van der Waals surface area contributed by atoms with Gasteiger partial charge in [0.15, 0.2) is 11.5 Å². The summed E-state index contributed by atoms with van der Waals surface area (Å²) >= 11 is 0. The number of hydrogen-bond acceptors (Lipinski definition) is 4. The van der Waals surface area contributed by atoms with E-state index in [4.69, 9.17) is 9.68 Å². The minimum Gasteiger partial charge on any atom is -0.441 e. The molecular weight excluding hydrogens is 242 g/mol. The van der Waals surface area contributed by atoms with E-state index in [1.54, 1.807) is 32.2 Å². The molecule has 0 radical (unpaired) electrons. The number of carbonyl (C=O) groups is 1. The van der Waals surface area contributed by atoms with Crippen LogP contribution in [0.2, 0.25) is 0 Å². The van der Waals surface area contributed by atoms with Crippen LogP contribution in [0, 0.1) is 24.2 Å². The molecule has 0 fully saturated rings. The van der Waals surface area contributed by atoms with Crippen LogP contribution in [-0.4, -0.2) is 17.9 Å². The monoisotopic (exact) mass is 257 g/mol. The fraction of sp³-hybridized carbons (Fsp3) is 0.357. The van der Waals surface area contributed by atoms with Crippen LogP contribution in [0.1, 0.15) is 19.2 Å². The van der Waals surface area contributed by atoms with Crippen LogP contribution in [0.4, 0.5) is 5.69 Å². The summed E-state index contributed by atoms with van der Waals surface area (Å²) in [7, 11) is 1.66. The molecule has 0 bridgehead atoms. The van der Waals surface area contributed by atoms with Crippen molar-refractivity contribution in [3.8, 4) is 6.07 Å². The van der Waals surface area contributed by atoms with Gasteiger partial charge in [-0.2, -0.15) is 5.26 Å². The van der Waals surface area contributed by atoms with Crippen molar-refractivity contribution >= 4 is 22.7 Å². The quantitative estimate of drug-likeness (QED) is 0.847. The van der Waals surface area contributed by atoms with Crippen molar-refractivity contribution in [3.63, 3.8) is 0 Å². The Bertz CT molecular complexity index is 654. The molecule has 5 nitrogen and oxygen atoms in total. The smallest absolute Gasteiger partial charge is 0.244 e. The van der Waals surface area contributed by atoms with E-state index >= 15 is 0 Å². The van der Waals surface area contributed by atoms with Crippen LogP contribution >= 0.6 is 0 Å². The normalized spacial score (nSPS) is 12.1. The maximum atomic E-state index is 12.1. The van der Waals surface area contributed by atoms with Crippen LogP contribution < -0.4 is 4.90 Å². The number of carbonyl (C=O) groups excluding carboxylic acids is 1. The molecule has 2 aromatic rings. The number of fused-ring (bicyclic) bond motifs is 1. The molecule has 1 heterocycles. The van der Waals surface area contributed by atoms with E-state index in [0.717, 1.165) is 0 Å². The molecule has 1 aromatic heterocycles. The van der Waals surface area contributed by atoms with E-state index < -0.39 is 5.92 Å². The molecule has 0 spiro atoms. The summed E-state index contributed by atoms with van der Waals surface area (Å²) in [5.74, 6) is -0.228. The Morgan fingerprint density at radius 1 is 1.58 bits per heavy atom. The van der Waals surface area contributed by atoms with Crippen LogP contribution in [0.3, 0.4) is 0 Å². The van der Waals surface area contributed by atoms with Crippen molar-refractivity contribution in [1.29, 1.82) is 5.26 Å². The maximum Gasteiger partial charge on any atom is 0.244 e. The van der Waals surface area contributed by atoms with Crippen molar-refractivity contribution in [2.75, 3.05) is 11.9 Å². The second-order valence-corrected chi connectivity index (χ2v) is 4.37.